The molecule has 1 atom stereocenters. The quantitative estimate of drug-likeness (QED) is 0.872. The van der Waals surface area contributed by atoms with Gasteiger partial charge in [0.15, 0.2) is 0 Å². The smallest absolute Gasteiger partial charge is 0.134 e. The van der Waals surface area contributed by atoms with Crippen LogP contribution in [0.1, 0.15) is 26.7 Å². The van der Waals surface area contributed by atoms with Crippen LogP contribution in [0, 0.1) is 0 Å². The molecule has 0 saturated carbocycles. The van der Waals surface area contributed by atoms with Crippen molar-refractivity contribution in [2.45, 2.75) is 38.3 Å². The van der Waals surface area contributed by atoms with E-state index in [1.807, 2.05) is 12.1 Å². The third-order valence-corrected chi connectivity index (χ3v) is 4.42. The summed E-state index contributed by atoms with van der Waals surface area (Å²) in [6, 6.07) is 7.65. The van der Waals surface area contributed by atoms with E-state index in [0.29, 0.717) is 36.6 Å². The molecule has 4 nitrogen and oxygen atoms in total. The van der Waals surface area contributed by atoms with Gasteiger partial charge in [0.25, 0.3) is 0 Å². The first kappa shape index (κ1) is 17.5. The van der Waals surface area contributed by atoms with E-state index in [4.69, 9.17) is 21.1 Å². The SMILES string of the molecule is CCC(CC)N1CCOC[C@@](O)(COc2ccc(Cl)cc2)C1. The molecule has 1 heterocycles. The van der Waals surface area contributed by atoms with E-state index < -0.39 is 5.60 Å². The maximum Gasteiger partial charge on any atom is 0.134 e. The van der Waals surface area contributed by atoms with E-state index in [-0.39, 0.29) is 6.61 Å². The lowest BCUT2D eigenvalue weighted by Crippen LogP contribution is -2.51. The zero-order chi connectivity index (χ0) is 16.0. The molecule has 0 aliphatic carbocycles. The Bertz CT molecular complexity index is 450. The first-order valence-electron chi connectivity index (χ1n) is 7.99. The predicted octanol–water partition coefficient (Wildman–Crippen LogP) is 2.97. The highest BCUT2D eigenvalue weighted by molar-refractivity contribution is 6.30. The average Bonchev–Trinajstić information content (AvgIpc) is 2.71. The Kier molecular flexibility index (Phi) is 6.50. The summed E-state index contributed by atoms with van der Waals surface area (Å²) in [6.45, 7) is 6.97. The molecule has 1 aliphatic rings. The van der Waals surface area contributed by atoms with Crippen molar-refractivity contribution in [3.8, 4) is 5.75 Å². The van der Waals surface area contributed by atoms with Crippen molar-refractivity contribution in [1.29, 1.82) is 0 Å². The zero-order valence-electron chi connectivity index (χ0n) is 13.4. The van der Waals surface area contributed by atoms with E-state index in [9.17, 15) is 5.11 Å². The van der Waals surface area contributed by atoms with Gasteiger partial charge in [0.2, 0.25) is 0 Å². The molecule has 0 unspecified atom stereocenters. The number of aliphatic hydroxyl groups is 1. The highest BCUT2D eigenvalue weighted by Crippen LogP contribution is 2.21. The van der Waals surface area contributed by atoms with Gasteiger partial charge in [0, 0.05) is 24.2 Å². The number of β-amino-alcohol motifs (C(OH)–C–C–N with tert-alkyl or cyclic N) is 1. The number of hydrogen-bond acceptors (Lipinski definition) is 4. The number of benzene rings is 1. The molecule has 0 radical (unpaired) electrons. The van der Waals surface area contributed by atoms with Crippen LogP contribution in [0.3, 0.4) is 0 Å². The van der Waals surface area contributed by atoms with Crippen LogP contribution in [-0.4, -0.2) is 54.6 Å². The Morgan fingerprint density at radius 3 is 2.64 bits per heavy atom. The van der Waals surface area contributed by atoms with Crippen LogP contribution in [0.4, 0.5) is 0 Å². The van der Waals surface area contributed by atoms with Gasteiger partial charge in [0.1, 0.15) is 18.0 Å². The first-order chi connectivity index (χ1) is 10.6. The van der Waals surface area contributed by atoms with Crippen molar-refractivity contribution < 1.29 is 14.6 Å². The van der Waals surface area contributed by atoms with Gasteiger partial charge in [-0.3, -0.25) is 4.90 Å². The molecule has 0 aromatic heterocycles. The molecule has 5 heteroatoms. The highest BCUT2D eigenvalue weighted by atomic mass is 35.5. The molecule has 1 N–H and O–H groups in total. The molecular formula is C17H26ClNO3. The van der Waals surface area contributed by atoms with Crippen molar-refractivity contribution in [2.75, 3.05) is 32.9 Å². The Morgan fingerprint density at radius 2 is 2.00 bits per heavy atom. The van der Waals surface area contributed by atoms with Crippen LogP contribution in [0.2, 0.25) is 5.02 Å². The van der Waals surface area contributed by atoms with Gasteiger partial charge in [0.05, 0.1) is 13.2 Å². The van der Waals surface area contributed by atoms with Crippen LogP contribution in [0.5, 0.6) is 5.75 Å². The standard InChI is InChI=1S/C17H26ClNO3/c1-3-15(4-2)19-9-10-21-12-17(20,11-19)13-22-16-7-5-14(18)6-8-16/h5-8,15,20H,3-4,9-13H2,1-2H3/t17-/m1/s1. The van der Waals surface area contributed by atoms with Gasteiger partial charge >= 0.3 is 0 Å². The van der Waals surface area contributed by atoms with Crippen LogP contribution in [0.15, 0.2) is 24.3 Å². The lowest BCUT2D eigenvalue weighted by molar-refractivity contribution is -0.0673. The minimum Gasteiger partial charge on any atom is -0.490 e. The fraction of sp³-hybridized carbons (Fsp3) is 0.647. The fourth-order valence-corrected chi connectivity index (χ4v) is 3.03. The number of ether oxygens (including phenoxy) is 2. The largest absolute Gasteiger partial charge is 0.490 e. The second kappa shape index (κ2) is 8.16. The lowest BCUT2D eigenvalue weighted by atomic mass is 10.0. The lowest BCUT2D eigenvalue weighted by Gasteiger charge is -2.34. The van der Waals surface area contributed by atoms with Crippen LogP contribution in [0.25, 0.3) is 0 Å². The third-order valence-electron chi connectivity index (χ3n) is 4.17. The molecule has 1 fully saturated rings. The topological polar surface area (TPSA) is 41.9 Å². The summed E-state index contributed by atoms with van der Waals surface area (Å²) < 4.78 is 11.3. The van der Waals surface area contributed by atoms with Crippen LogP contribution < -0.4 is 4.74 Å². The van der Waals surface area contributed by atoms with E-state index in [1.165, 1.54) is 0 Å². The number of rotatable bonds is 6. The first-order valence-corrected chi connectivity index (χ1v) is 8.36. The van der Waals surface area contributed by atoms with Gasteiger partial charge < -0.3 is 14.6 Å². The summed E-state index contributed by atoms with van der Waals surface area (Å²) in [6.07, 6.45) is 2.15. The van der Waals surface area contributed by atoms with Crippen molar-refractivity contribution >= 4 is 11.6 Å². The fourth-order valence-electron chi connectivity index (χ4n) is 2.90. The maximum absolute atomic E-state index is 10.9. The molecule has 0 bridgehead atoms. The predicted molar refractivity (Wildman–Crippen MR) is 88.7 cm³/mol. The summed E-state index contributed by atoms with van der Waals surface area (Å²) >= 11 is 5.86. The zero-order valence-corrected chi connectivity index (χ0v) is 14.2. The molecule has 0 spiro atoms. The molecular weight excluding hydrogens is 302 g/mol. The normalized spacial score (nSPS) is 23.5. The van der Waals surface area contributed by atoms with Gasteiger partial charge in [-0.15, -0.1) is 0 Å². The van der Waals surface area contributed by atoms with Crippen molar-refractivity contribution in [1.82, 2.24) is 4.90 Å². The van der Waals surface area contributed by atoms with Crippen LogP contribution >= 0.6 is 11.6 Å². The van der Waals surface area contributed by atoms with Crippen molar-refractivity contribution in [3.63, 3.8) is 0 Å². The molecule has 2 rings (SSSR count). The van der Waals surface area contributed by atoms with E-state index in [0.717, 1.165) is 19.4 Å². The van der Waals surface area contributed by atoms with Crippen LogP contribution in [-0.2, 0) is 4.74 Å². The van der Waals surface area contributed by atoms with E-state index in [1.54, 1.807) is 12.1 Å². The number of nitrogens with zero attached hydrogens (tertiary/aromatic N) is 1. The second-order valence-electron chi connectivity index (χ2n) is 5.96. The van der Waals surface area contributed by atoms with Gasteiger partial charge in [-0.2, -0.15) is 0 Å². The van der Waals surface area contributed by atoms with Gasteiger partial charge in [-0.05, 0) is 37.1 Å². The molecule has 0 amide bonds. The Labute approximate surface area is 138 Å². The van der Waals surface area contributed by atoms with Crippen molar-refractivity contribution in [3.05, 3.63) is 29.3 Å². The third kappa shape index (κ3) is 4.85. The number of halogens is 1. The molecule has 1 saturated heterocycles. The summed E-state index contributed by atoms with van der Waals surface area (Å²) in [7, 11) is 0. The van der Waals surface area contributed by atoms with Gasteiger partial charge in [-0.1, -0.05) is 25.4 Å². The molecule has 22 heavy (non-hydrogen) atoms. The molecule has 124 valence electrons. The highest BCUT2D eigenvalue weighted by Gasteiger charge is 2.35. The second-order valence-corrected chi connectivity index (χ2v) is 6.40. The summed E-state index contributed by atoms with van der Waals surface area (Å²) in [5.41, 5.74) is -0.987. The average molecular weight is 328 g/mol. The Balaban J connectivity index is 1.98. The monoisotopic (exact) mass is 327 g/mol. The minimum absolute atomic E-state index is 0.214. The summed E-state index contributed by atoms with van der Waals surface area (Å²) in [4.78, 5) is 2.32. The molecule has 1 aromatic rings. The number of hydrogen-bond donors (Lipinski definition) is 1. The Morgan fingerprint density at radius 1 is 1.32 bits per heavy atom. The Hall–Kier alpha value is -0.810. The van der Waals surface area contributed by atoms with Crippen molar-refractivity contribution in [2.24, 2.45) is 0 Å². The molecule has 1 aliphatic heterocycles. The minimum atomic E-state index is -0.987. The summed E-state index contributed by atoms with van der Waals surface area (Å²) in [5.74, 6) is 0.705. The maximum atomic E-state index is 10.9. The molecule has 1 aromatic carbocycles. The van der Waals surface area contributed by atoms with E-state index >= 15 is 0 Å². The summed E-state index contributed by atoms with van der Waals surface area (Å²) in [5, 5.41) is 11.5. The van der Waals surface area contributed by atoms with Gasteiger partial charge in [-0.25, -0.2) is 0 Å². The van der Waals surface area contributed by atoms with E-state index in [2.05, 4.69) is 18.7 Å².